The van der Waals surface area contributed by atoms with Crippen molar-refractivity contribution in [3.05, 3.63) is 66.2 Å². The minimum absolute atomic E-state index is 0.170. The van der Waals surface area contributed by atoms with Gasteiger partial charge in [-0.1, -0.05) is 52.8 Å². The number of benzene rings is 2. The second-order valence-electron chi connectivity index (χ2n) is 8.37. The van der Waals surface area contributed by atoms with E-state index in [4.69, 9.17) is 0 Å². The zero-order chi connectivity index (χ0) is 17.8. The quantitative estimate of drug-likeness (QED) is 0.431. The summed E-state index contributed by atoms with van der Waals surface area (Å²) in [5.41, 5.74) is 4.22. The van der Waals surface area contributed by atoms with E-state index in [2.05, 4.69) is 99.3 Å². The van der Waals surface area contributed by atoms with E-state index < -0.39 is 0 Å². The first kappa shape index (κ1) is 16.0. The maximum atomic E-state index is 3.25. The molecule has 128 valence electrons. The second-order valence-corrected chi connectivity index (χ2v) is 8.37. The maximum Gasteiger partial charge on any atom is 0.0491 e. The fourth-order valence-corrected chi connectivity index (χ4v) is 3.72. The number of aromatic nitrogens is 2. The van der Waals surface area contributed by atoms with Crippen molar-refractivity contribution in [3.63, 3.8) is 0 Å². The fraction of sp³-hybridized carbons (Fsp3) is 0.304. The van der Waals surface area contributed by atoms with Crippen molar-refractivity contribution in [1.82, 2.24) is 9.55 Å². The molecule has 0 unspecified atom stereocenters. The van der Waals surface area contributed by atoms with Crippen molar-refractivity contribution in [3.8, 4) is 5.69 Å². The third kappa shape index (κ3) is 2.66. The molecule has 0 saturated heterocycles. The SMILES string of the molecule is CC(C)c1c(-n2cc3ccc(C(C)(C)C)cc3c2)ccc2c[nH]cc12. The molecule has 0 aliphatic carbocycles. The molecule has 0 spiro atoms. The van der Waals surface area contributed by atoms with Crippen LogP contribution in [-0.2, 0) is 5.41 Å². The van der Waals surface area contributed by atoms with E-state index in [1.165, 1.54) is 38.4 Å². The van der Waals surface area contributed by atoms with Crippen LogP contribution in [0.25, 0.3) is 27.2 Å². The molecule has 0 bridgehead atoms. The lowest BCUT2D eigenvalue weighted by atomic mass is 9.86. The summed E-state index contributed by atoms with van der Waals surface area (Å²) in [5.74, 6) is 0.463. The summed E-state index contributed by atoms with van der Waals surface area (Å²) in [7, 11) is 0. The van der Waals surface area contributed by atoms with Gasteiger partial charge in [-0.25, -0.2) is 0 Å². The topological polar surface area (TPSA) is 20.7 Å². The lowest BCUT2D eigenvalue weighted by Crippen LogP contribution is -2.10. The van der Waals surface area contributed by atoms with E-state index >= 15 is 0 Å². The molecule has 2 heteroatoms. The van der Waals surface area contributed by atoms with Crippen LogP contribution in [0.2, 0.25) is 0 Å². The van der Waals surface area contributed by atoms with Crippen molar-refractivity contribution in [2.24, 2.45) is 0 Å². The summed E-state index contributed by atoms with van der Waals surface area (Å²) in [6.45, 7) is 11.3. The van der Waals surface area contributed by atoms with Gasteiger partial charge >= 0.3 is 0 Å². The first-order valence-corrected chi connectivity index (χ1v) is 9.06. The Morgan fingerprint density at radius 1 is 0.880 bits per heavy atom. The van der Waals surface area contributed by atoms with Gasteiger partial charge in [-0.2, -0.15) is 0 Å². The Bertz CT molecular complexity index is 1050. The summed E-state index contributed by atoms with van der Waals surface area (Å²) in [6, 6.07) is 11.3. The maximum absolute atomic E-state index is 3.25. The molecular formula is C23H26N2. The normalized spacial score (nSPS) is 12.6. The fourth-order valence-electron chi connectivity index (χ4n) is 3.72. The molecule has 2 aromatic heterocycles. The number of nitrogens with zero attached hydrogens (tertiary/aromatic N) is 1. The minimum Gasteiger partial charge on any atom is -0.366 e. The Morgan fingerprint density at radius 3 is 2.32 bits per heavy atom. The van der Waals surface area contributed by atoms with Crippen LogP contribution in [0.3, 0.4) is 0 Å². The largest absolute Gasteiger partial charge is 0.366 e. The Kier molecular flexibility index (Phi) is 3.54. The van der Waals surface area contributed by atoms with Gasteiger partial charge in [0.05, 0.1) is 0 Å². The standard InChI is InChI=1S/C23H26N2/c1-15(2)22-20-12-24-11-16(20)7-9-21(22)25-13-17-6-8-19(23(3,4)5)10-18(17)14-25/h6-15,24H,1-5H3. The predicted molar refractivity (Wildman–Crippen MR) is 108 cm³/mol. The second kappa shape index (κ2) is 5.52. The van der Waals surface area contributed by atoms with E-state index in [0.29, 0.717) is 5.92 Å². The van der Waals surface area contributed by atoms with Gasteiger partial charge in [-0.3, -0.25) is 0 Å². The van der Waals surface area contributed by atoms with Gasteiger partial charge in [0.2, 0.25) is 0 Å². The Morgan fingerprint density at radius 2 is 1.60 bits per heavy atom. The van der Waals surface area contributed by atoms with Gasteiger partial charge in [0.25, 0.3) is 0 Å². The van der Waals surface area contributed by atoms with Crippen molar-refractivity contribution < 1.29 is 0 Å². The zero-order valence-electron chi connectivity index (χ0n) is 15.7. The highest BCUT2D eigenvalue weighted by Crippen LogP contribution is 2.33. The van der Waals surface area contributed by atoms with E-state index in [1.54, 1.807) is 0 Å². The smallest absolute Gasteiger partial charge is 0.0491 e. The molecule has 2 nitrogen and oxygen atoms in total. The number of hydrogen-bond donors (Lipinski definition) is 1. The molecule has 0 amide bonds. The monoisotopic (exact) mass is 330 g/mol. The Labute approximate surface area is 149 Å². The predicted octanol–water partition coefficient (Wildman–Crippen LogP) is 6.53. The summed E-state index contributed by atoms with van der Waals surface area (Å²) >= 11 is 0. The van der Waals surface area contributed by atoms with Crippen LogP contribution < -0.4 is 0 Å². The molecule has 4 aromatic rings. The van der Waals surface area contributed by atoms with Gasteiger partial charge in [0.15, 0.2) is 0 Å². The van der Waals surface area contributed by atoms with Crippen LogP contribution in [0.15, 0.2) is 55.1 Å². The Hall–Kier alpha value is -2.48. The van der Waals surface area contributed by atoms with E-state index in [-0.39, 0.29) is 5.41 Å². The number of rotatable bonds is 2. The lowest BCUT2D eigenvalue weighted by molar-refractivity contribution is 0.591. The summed E-state index contributed by atoms with van der Waals surface area (Å²) < 4.78 is 2.29. The molecule has 2 aromatic carbocycles. The van der Waals surface area contributed by atoms with Crippen molar-refractivity contribution in [1.29, 1.82) is 0 Å². The highest BCUT2D eigenvalue weighted by atomic mass is 14.9. The molecule has 0 aliphatic heterocycles. The molecule has 1 N–H and O–H groups in total. The van der Waals surface area contributed by atoms with Crippen LogP contribution in [0.1, 0.15) is 51.7 Å². The number of aromatic amines is 1. The number of fused-ring (bicyclic) bond motifs is 2. The molecule has 0 radical (unpaired) electrons. The summed E-state index contributed by atoms with van der Waals surface area (Å²) in [4.78, 5) is 3.25. The van der Waals surface area contributed by atoms with Crippen LogP contribution in [-0.4, -0.2) is 9.55 Å². The third-order valence-corrected chi connectivity index (χ3v) is 5.13. The van der Waals surface area contributed by atoms with Crippen molar-refractivity contribution in [2.75, 3.05) is 0 Å². The lowest BCUT2D eigenvalue weighted by Gasteiger charge is -2.18. The van der Waals surface area contributed by atoms with Crippen LogP contribution in [0.4, 0.5) is 0 Å². The van der Waals surface area contributed by atoms with E-state index in [1.807, 2.05) is 0 Å². The van der Waals surface area contributed by atoms with Crippen molar-refractivity contribution >= 4 is 21.5 Å². The minimum atomic E-state index is 0.170. The number of hydrogen-bond acceptors (Lipinski definition) is 0. The number of H-pyrrole nitrogens is 1. The molecule has 4 rings (SSSR count). The summed E-state index contributed by atoms with van der Waals surface area (Å²) in [5, 5.41) is 5.19. The molecule has 0 fully saturated rings. The molecule has 2 heterocycles. The molecular weight excluding hydrogens is 304 g/mol. The average Bonchev–Trinajstić information content (AvgIpc) is 3.18. The van der Waals surface area contributed by atoms with Gasteiger partial charge in [0.1, 0.15) is 0 Å². The van der Waals surface area contributed by atoms with Gasteiger partial charge in [0, 0.05) is 41.2 Å². The van der Waals surface area contributed by atoms with Gasteiger partial charge in [-0.05, 0) is 45.4 Å². The number of nitrogens with one attached hydrogen (secondary N) is 1. The Balaban J connectivity index is 1.92. The van der Waals surface area contributed by atoms with E-state index in [0.717, 1.165) is 0 Å². The molecule has 25 heavy (non-hydrogen) atoms. The summed E-state index contributed by atoms with van der Waals surface area (Å²) in [6.07, 6.45) is 8.72. The van der Waals surface area contributed by atoms with Crippen LogP contribution in [0.5, 0.6) is 0 Å². The third-order valence-electron chi connectivity index (χ3n) is 5.13. The van der Waals surface area contributed by atoms with Crippen LogP contribution in [0, 0.1) is 0 Å². The van der Waals surface area contributed by atoms with Crippen molar-refractivity contribution in [2.45, 2.75) is 46.0 Å². The van der Waals surface area contributed by atoms with Gasteiger partial charge in [-0.15, -0.1) is 0 Å². The van der Waals surface area contributed by atoms with E-state index in [9.17, 15) is 0 Å². The average molecular weight is 330 g/mol. The first-order chi connectivity index (χ1) is 11.8. The molecule has 0 atom stereocenters. The molecule has 0 aliphatic rings. The first-order valence-electron chi connectivity index (χ1n) is 9.06. The highest BCUT2D eigenvalue weighted by Gasteiger charge is 2.16. The molecule has 0 saturated carbocycles. The van der Waals surface area contributed by atoms with Gasteiger partial charge < -0.3 is 9.55 Å². The zero-order valence-corrected chi connectivity index (χ0v) is 15.7. The highest BCUT2D eigenvalue weighted by molar-refractivity contribution is 5.90. The van der Waals surface area contributed by atoms with Crippen LogP contribution >= 0.6 is 0 Å².